The van der Waals surface area contributed by atoms with E-state index in [0.29, 0.717) is 6.61 Å². The van der Waals surface area contributed by atoms with Crippen LogP contribution in [0.3, 0.4) is 0 Å². The first-order chi connectivity index (χ1) is 8.80. The third kappa shape index (κ3) is 1.31. The molecule has 18 heavy (non-hydrogen) atoms. The first-order valence-electron chi connectivity index (χ1n) is 7.21. The van der Waals surface area contributed by atoms with E-state index < -0.39 is 0 Å². The van der Waals surface area contributed by atoms with E-state index >= 15 is 0 Å². The fraction of sp³-hybridized carbons (Fsp3) is 0.667. The summed E-state index contributed by atoms with van der Waals surface area (Å²) in [6, 6.07) is 0. The van der Waals surface area contributed by atoms with Gasteiger partial charge in [-0.3, -0.25) is 0 Å². The van der Waals surface area contributed by atoms with Crippen LogP contribution < -0.4 is 4.73 Å². The zero-order valence-corrected chi connectivity index (χ0v) is 10.7. The molecule has 2 heterocycles. The number of ether oxygens (including phenoxy) is 1. The van der Waals surface area contributed by atoms with Crippen molar-refractivity contribution in [1.82, 2.24) is 0 Å². The Labute approximate surface area is 107 Å². The van der Waals surface area contributed by atoms with Crippen molar-refractivity contribution in [3.63, 3.8) is 0 Å². The summed E-state index contributed by atoms with van der Waals surface area (Å²) in [7, 11) is 0. The minimum absolute atomic E-state index is 0.0228. The normalized spacial score (nSPS) is 24.2. The Bertz CT molecular complexity index is 504. The lowest BCUT2D eigenvalue weighted by Crippen LogP contribution is -2.37. The van der Waals surface area contributed by atoms with Crippen LogP contribution >= 0.6 is 0 Å². The Kier molecular flexibility index (Phi) is 2.22. The Morgan fingerprint density at radius 3 is 2.72 bits per heavy atom. The van der Waals surface area contributed by atoms with Crippen LogP contribution in [0.2, 0.25) is 0 Å². The van der Waals surface area contributed by atoms with Crippen LogP contribution in [0.1, 0.15) is 60.9 Å². The van der Waals surface area contributed by atoms with Gasteiger partial charge in [0.2, 0.25) is 0 Å². The number of fused-ring (bicyclic) bond motifs is 4. The predicted molar refractivity (Wildman–Crippen MR) is 67.0 cm³/mol. The number of hydrogen-bond donors (Lipinski definition) is 0. The minimum atomic E-state index is -0.0228. The zero-order chi connectivity index (χ0) is 12.2. The molecule has 3 nitrogen and oxygen atoms in total. The van der Waals surface area contributed by atoms with Crippen molar-refractivity contribution < 1.29 is 9.47 Å². The number of rotatable bonds is 0. The standard InChI is InChI=1S/C15H19NO2/c17-16-9-11-10-18-15(7-3-4-8-15)14(11)12-5-1-2-6-13(12)16/h9H,1-8,10H2. The summed E-state index contributed by atoms with van der Waals surface area (Å²) in [5.41, 5.74) is 4.92. The second kappa shape index (κ2) is 3.70. The van der Waals surface area contributed by atoms with Crippen molar-refractivity contribution in [1.29, 1.82) is 0 Å². The first kappa shape index (κ1) is 10.8. The smallest absolute Gasteiger partial charge is 0.196 e. The summed E-state index contributed by atoms with van der Waals surface area (Å²) in [5, 5.41) is 12.1. The fourth-order valence-electron chi connectivity index (χ4n) is 4.19. The van der Waals surface area contributed by atoms with Crippen LogP contribution in [0.4, 0.5) is 0 Å². The van der Waals surface area contributed by atoms with Gasteiger partial charge in [0.1, 0.15) is 0 Å². The van der Waals surface area contributed by atoms with E-state index in [-0.39, 0.29) is 5.60 Å². The molecular formula is C15H19NO2. The van der Waals surface area contributed by atoms with Crippen molar-refractivity contribution in [2.75, 3.05) is 0 Å². The molecule has 0 bridgehead atoms. The van der Waals surface area contributed by atoms with Gasteiger partial charge in [-0.15, -0.1) is 0 Å². The molecule has 0 atom stereocenters. The molecule has 4 rings (SSSR count). The molecule has 0 amide bonds. The van der Waals surface area contributed by atoms with Gasteiger partial charge in [0.25, 0.3) is 0 Å². The Hall–Kier alpha value is -1.09. The molecule has 1 spiro atoms. The molecule has 0 saturated heterocycles. The molecule has 0 N–H and O–H groups in total. The van der Waals surface area contributed by atoms with Crippen LogP contribution in [0.5, 0.6) is 0 Å². The highest BCUT2D eigenvalue weighted by Gasteiger charge is 2.46. The first-order valence-corrected chi connectivity index (χ1v) is 7.21. The van der Waals surface area contributed by atoms with Crippen LogP contribution in [0, 0.1) is 5.21 Å². The predicted octanol–water partition coefficient (Wildman–Crippen LogP) is 2.50. The molecular weight excluding hydrogens is 226 g/mol. The number of nitrogens with zero attached hydrogens (tertiary/aromatic N) is 1. The summed E-state index contributed by atoms with van der Waals surface area (Å²) in [6.07, 6.45) is 11.0. The van der Waals surface area contributed by atoms with Crippen LogP contribution in [0.25, 0.3) is 0 Å². The molecule has 0 unspecified atom stereocenters. The van der Waals surface area contributed by atoms with Gasteiger partial charge in [-0.1, -0.05) is 12.8 Å². The number of aromatic nitrogens is 1. The SMILES string of the molecule is [O-][n+]1cc2c(c3c1CCCC3)C1(CCCC1)OC2. The molecule has 1 aliphatic heterocycles. The van der Waals surface area contributed by atoms with Crippen molar-refractivity contribution in [3.8, 4) is 0 Å². The fourth-order valence-corrected chi connectivity index (χ4v) is 4.19. The summed E-state index contributed by atoms with van der Waals surface area (Å²) >= 11 is 0. The molecule has 3 aliphatic rings. The summed E-state index contributed by atoms with van der Waals surface area (Å²) in [5.74, 6) is 0. The van der Waals surface area contributed by atoms with Crippen LogP contribution in [-0.2, 0) is 29.8 Å². The molecule has 1 saturated carbocycles. The van der Waals surface area contributed by atoms with E-state index in [9.17, 15) is 5.21 Å². The third-order valence-corrected chi connectivity index (χ3v) is 4.97. The molecule has 0 aromatic carbocycles. The van der Waals surface area contributed by atoms with E-state index in [0.717, 1.165) is 48.1 Å². The van der Waals surface area contributed by atoms with E-state index in [1.807, 2.05) is 0 Å². The maximum Gasteiger partial charge on any atom is 0.196 e. The van der Waals surface area contributed by atoms with Gasteiger partial charge in [0.05, 0.1) is 12.2 Å². The van der Waals surface area contributed by atoms with Gasteiger partial charge in [0.15, 0.2) is 11.9 Å². The zero-order valence-electron chi connectivity index (χ0n) is 10.7. The molecule has 1 aromatic rings. The highest BCUT2D eigenvalue weighted by molar-refractivity contribution is 5.43. The van der Waals surface area contributed by atoms with Gasteiger partial charge in [-0.05, 0) is 32.1 Å². The second-order valence-corrected chi connectivity index (χ2v) is 5.98. The Morgan fingerprint density at radius 2 is 1.89 bits per heavy atom. The van der Waals surface area contributed by atoms with Gasteiger partial charge in [-0.25, -0.2) is 0 Å². The molecule has 1 aromatic heterocycles. The van der Waals surface area contributed by atoms with Crippen molar-refractivity contribution in [2.24, 2.45) is 0 Å². The van der Waals surface area contributed by atoms with Crippen molar-refractivity contribution in [2.45, 2.75) is 63.6 Å². The molecule has 2 aliphatic carbocycles. The number of pyridine rings is 1. The maximum atomic E-state index is 12.1. The third-order valence-electron chi connectivity index (χ3n) is 4.97. The maximum absolute atomic E-state index is 12.1. The quantitative estimate of drug-likeness (QED) is 0.520. The average Bonchev–Trinajstić information content (AvgIpc) is 2.99. The van der Waals surface area contributed by atoms with E-state index in [2.05, 4.69) is 0 Å². The second-order valence-electron chi connectivity index (χ2n) is 5.98. The average molecular weight is 245 g/mol. The number of hydrogen-bond acceptors (Lipinski definition) is 2. The van der Waals surface area contributed by atoms with Crippen molar-refractivity contribution in [3.05, 3.63) is 33.8 Å². The topological polar surface area (TPSA) is 36.2 Å². The van der Waals surface area contributed by atoms with E-state index in [1.165, 1.54) is 30.4 Å². The lowest BCUT2D eigenvalue weighted by atomic mass is 9.82. The molecule has 1 fully saturated rings. The highest BCUT2D eigenvalue weighted by atomic mass is 16.5. The monoisotopic (exact) mass is 245 g/mol. The molecule has 3 heteroatoms. The lowest BCUT2D eigenvalue weighted by molar-refractivity contribution is -0.615. The van der Waals surface area contributed by atoms with E-state index in [4.69, 9.17) is 4.74 Å². The summed E-state index contributed by atoms with van der Waals surface area (Å²) < 4.78 is 7.26. The van der Waals surface area contributed by atoms with Crippen LogP contribution in [-0.4, -0.2) is 0 Å². The van der Waals surface area contributed by atoms with Crippen LogP contribution in [0.15, 0.2) is 6.20 Å². The minimum Gasteiger partial charge on any atom is -0.618 e. The van der Waals surface area contributed by atoms with E-state index in [1.54, 1.807) is 6.20 Å². The molecule has 96 valence electrons. The van der Waals surface area contributed by atoms with Gasteiger partial charge < -0.3 is 9.94 Å². The van der Waals surface area contributed by atoms with Crippen molar-refractivity contribution >= 4 is 0 Å². The van der Waals surface area contributed by atoms with Gasteiger partial charge in [-0.2, -0.15) is 4.73 Å². The lowest BCUT2D eigenvalue weighted by Gasteiger charge is -2.27. The summed E-state index contributed by atoms with van der Waals surface area (Å²) in [6.45, 7) is 0.644. The summed E-state index contributed by atoms with van der Waals surface area (Å²) in [4.78, 5) is 0. The molecule has 0 radical (unpaired) electrons. The van der Waals surface area contributed by atoms with Gasteiger partial charge >= 0.3 is 0 Å². The Morgan fingerprint density at radius 1 is 1.11 bits per heavy atom. The van der Waals surface area contributed by atoms with Gasteiger partial charge in [0, 0.05) is 23.1 Å². The largest absolute Gasteiger partial charge is 0.618 e. The Balaban J connectivity index is 1.94. The highest BCUT2D eigenvalue weighted by Crippen LogP contribution is 2.50.